The van der Waals surface area contributed by atoms with Gasteiger partial charge in [0.1, 0.15) is 5.75 Å². The molecule has 0 amide bonds. The van der Waals surface area contributed by atoms with Crippen LogP contribution in [0.2, 0.25) is 0 Å². The van der Waals surface area contributed by atoms with Crippen LogP contribution in [0.4, 0.5) is 0 Å². The molecule has 4 atom stereocenters. The van der Waals surface area contributed by atoms with Gasteiger partial charge in [-0.05, 0) is 38.8 Å². The molecule has 3 nitrogen and oxygen atoms in total. The van der Waals surface area contributed by atoms with Gasteiger partial charge in [-0.2, -0.15) is 0 Å². The van der Waals surface area contributed by atoms with Gasteiger partial charge in [0.25, 0.3) is 0 Å². The Morgan fingerprint density at radius 2 is 1.89 bits per heavy atom. The summed E-state index contributed by atoms with van der Waals surface area (Å²) in [7, 11) is 0. The molecule has 1 heterocycles. The van der Waals surface area contributed by atoms with E-state index in [-0.39, 0.29) is 29.8 Å². The number of hydrogen-bond acceptors (Lipinski definition) is 3. The number of benzene rings is 1. The number of rotatable bonds is 4. The molecular weight excluding hydrogens is 240 g/mol. The highest BCUT2D eigenvalue weighted by Crippen LogP contribution is 2.36. The van der Waals surface area contributed by atoms with Crippen molar-refractivity contribution in [3.8, 4) is 5.75 Å². The molecule has 3 heteroatoms. The highest BCUT2D eigenvalue weighted by atomic mass is 16.5. The van der Waals surface area contributed by atoms with E-state index < -0.39 is 0 Å². The largest absolute Gasteiger partial charge is 0.493 e. The van der Waals surface area contributed by atoms with Crippen molar-refractivity contribution in [2.24, 2.45) is 11.8 Å². The number of para-hydroxylation sites is 1. The molecule has 1 aliphatic rings. The lowest BCUT2D eigenvalue weighted by molar-refractivity contribution is 0.0490. The van der Waals surface area contributed by atoms with Crippen molar-refractivity contribution < 1.29 is 14.3 Å². The van der Waals surface area contributed by atoms with Crippen LogP contribution in [0.3, 0.4) is 0 Å². The highest BCUT2D eigenvalue weighted by molar-refractivity contribution is 6.01. The third kappa shape index (κ3) is 2.66. The molecule has 4 unspecified atom stereocenters. The van der Waals surface area contributed by atoms with Crippen LogP contribution < -0.4 is 4.74 Å². The van der Waals surface area contributed by atoms with Crippen LogP contribution in [0.25, 0.3) is 0 Å². The maximum atomic E-state index is 12.7. The molecule has 104 valence electrons. The molecule has 0 aromatic heterocycles. The lowest BCUT2D eigenvalue weighted by atomic mass is 9.83. The van der Waals surface area contributed by atoms with E-state index >= 15 is 0 Å². The summed E-state index contributed by atoms with van der Waals surface area (Å²) < 4.78 is 11.3. The zero-order valence-electron chi connectivity index (χ0n) is 12.1. The fourth-order valence-corrected chi connectivity index (χ4v) is 2.85. The van der Waals surface area contributed by atoms with E-state index in [0.717, 1.165) is 0 Å². The second-order valence-corrected chi connectivity index (χ2v) is 5.22. The average molecular weight is 262 g/mol. The molecule has 1 aliphatic heterocycles. The third-order valence-electron chi connectivity index (χ3n) is 4.00. The molecular formula is C16H22O3. The minimum Gasteiger partial charge on any atom is -0.493 e. The fourth-order valence-electron chi connectivity index (χ4n) is 2.85. The first-order valence-electron chi connectivity index (χ1n) is 6.97. The third-order valence-corrected chi connectivity index (χ3v) is 4.00. The van der Waals surface area contributed by atoms with Crippen molar-refractivity contribution >= 4 is 5.78 Å². The first kappa shape index (κ1) is 14.1. The first-order chi connectivity index (χ1) is 9.06. The molecule has 1 fully saturated rings. The van der Waals surface area contributed by atoms with E-state index in [2.05, 4.69) is 6.92 Å². The molecule has 1 saturated heterocycles. The predicted octanol–water partition coefficient (Wildman–Crippen LogP) is 3.33. The van der Waals surface area contributed by atoms with E-state index in [1.165, 1.54) is 0 Å². The summed E-state index contributed by atoms with van der Waals surface area (Å²) in [5, 5.41) is 0. The van der Waals surface area contributed by atoms with Crippen LogP contribution in [0.1, 0.15) is 38.1 Å². The minimum absolute atomic E-state index is 0.0350. The van der Waals surface area contributed by atoms with E-state index in [4.69, 9.17) is 9.47 Å². The number of carbonyl (C=O) groups is 1. The molecule has 0 aliphatic carbocycles. The maximum Gasteiger partial charge on any atom is 0.172 e. The second kappa shape index (κ2) is 5.74. The summed E-state index contributed by atoms with van der Waals surface area (Å²) in [5.74, 6) is 0.955. The Hall–Kier alpha value is -1.35. The van der Waals surface area contributed by atoms with Crippen molar-refractivity contribution in [1.82, 2.24) is 0 Å². The average Bonchev–Trinajstić information content (AvgIpc) is 2.64. The molecule has 2 rings (SSSR count). The Bertz CT molecular complexity index is 455. The van der Waals surface area contributed by atoms with Gasteiger partial charge in [-0.25, -0.2) is 0 Å². The van der Waals surface area contributed by atoms with Crippen molar-refractivity contribution in [2.45, 2.75) is 39.9 Å². The molecule has 19 heavy (non-hydrogen) atoms. The lowest BCUT2D eigenvalue weighted by Crippen LogP contribution is -2.27. The number of Topliss-reactive ketones (excluding diaryl/α,β-unsaturated/α-hetero) is 1. The summed E-state index contributed by atoms with van der Waals surface area (Å²) in [4.78, 5) is 12.7. The van der Waals surface area contributed by atoms with Gasteiger partial charge in [0.15, 0.2) is 5.78 Å². The summed E-state index contributed by atoms with van der Waals surface area (Å²) >= 11 is 0. The number of ketones is 1. The van der Waals surface area contributed by atoms with E-state index in [0.29, 0.717) is 17.9 Å². The van der Waals surface area contributed by atoms with Crippen LogP contribution in [0.15, 0.2) is 24.3 Å². The van der Waals surface area contributed by atoms with Crippen molar-refractivity contribution in [3.63, 3.8) is 0 Å². The Morgan fingerprint density at radius 1 is 1.21 bits per heavy atom. The van der Waals surface area contributed by atoms with Gasteiger partial charge >= 0.3 is 0 Å². The van der Waals surface area contributed by atoms with Gasteiger partial charge in [-0.3, -0.25) is 4.79 Å². The lowest BCUT2D eigenvalue weighted by Gasteiger charge is -2.18. The van der Waals surface area contributed by atoms with Gasteiger partial charge in [0.2, 0.25) is 0 Å². The summed E-state index contributed by atoms with van der Waals surface area (Å²) in [6, 6.07) is 7.47. The highest BCUT2D eigenvalue weighted by Gasteiger charge is 2.42. The monoisotopic (exact) mass is 262 g/mol. The molecule has 0 radical (unpaired) electrons. The van der Waals surface area contributed by atoms with Crippen LogP contribution in [0, 0.1) is 11.8 Å². The van der Waals surface area contributed by atoms with Crippen molar-refractivity contribution in [1.29, 1.82) is 0 Å². The maximum absolute atomic E-state index is 12.7. The van der Waals surface area contributed by atoms with E-state index in [1.54, 1.807) is 0 Å². The smallest absolute Gasteiger partial charge is 0.172 e. The quantitative estimate of drug-likeness (QED) is 0.781. The standard InChI is InChI=1S/C16H22O3/c1-5-18-14-9-7-6-8-13(14)16(17)15-10(2)11(3)19-12(15)4/h6-12,15H,5H2,1-4H3. The van der Waals surface area contributed by atoms with Gasteiger partial charge in [0.05, 0.1) is 30.3 Å². The van der Waals surface area contributed by atoms with Gasteiger partial charge in [-0.15, -0.1) is 0 Å². The second-order valence-electron chi connectivity index (χ2n) is 5.22. The van der Waals surface area contributed by atoms with Gasteiger partial charge < -0.3 is 9.47 Å². The topological polar surface area (TPSA) is 35.5 Å². The molecule has 0 spiro atoms. The SMILES string of the molecule is CCOc1ccccc1C(=O)C1C(C)OC(C)C1C. The zero-order valence-corrected chi connectivity index (χ0v) is 12.1. The van der Waals surface area contributed by atoms with Crippen molar-refractivity contribution in [2.75, 3.05) is 6.61 Å². The molecule has 0 N–H and O–H groups in total. The number of hydrogen-bond donors (Lipinski definition) is 0. The number of carbonyl (C=O) groups excluding carboxylic acids is 1. The Balaban J connectivity index is 2.29. The van der Waals surface area contributed by atoms with Crippen molar-refractivity contribution in [3.05, 3.63) is 29.8 Å². The predicted molar refractivity (Wildman–Crippen MR) is 74.6 cm³/mol. The van der Waals surface area contributed by atoms with E-state index in [9.17, 15) is 4.79 Å². The normalized spacial score (nSPS) is 30.3. The Labute approximate surface area is 114 Å². The Morgan fingerprint density at radius 3 is 2.47 bits per heavy atom. The van der Waals surface area contributed by atoms with Crippen LogP contribution >= 0.6 is 0 Å². The number of ether oxygens (including phenoxy) is 2. The first-order valence-corrected chi connectivity index (χ1v) is 6.97. The van der Waals surface area contributed by atoms with Crippen LogP contribution in [-0.2, 0) is 4.74 Å². The van der Waals surface area contributed by atoms with Gasteiger partial charge in [0, 0.05) is 0 Å². The Kier molecular flexibility index (Phi) is 4.25. The summed E-state index contributed by atoms with van der Waals surface area (Å²) in [5.41, 5.74) is 0.672. The van der Waals surface area contributed by atoms with Gasteiger partial charge in [-0.1, -0.05) is 19.1 Å². The molecule has 1 aromatic rings. The molecule has 1 aromatic carbocycles. The zero-order chi connectivity index (χ0) is 14.0. The van der Waals surface area contributed by atoms with Crippen LogP contribution in [0.5, 0.6) is 5.75 Å². The summed E-state index contributed by atoms with van der Waals surface area (Å²) in [6.07, 6.45) is 0.0930. The van der Waals surface area contributed by atoms with E-state index in [1.807, 2.05) is 45.0 Å². The van der Waals surface area contributed by atoms with Crippen LogP contribution in [-0.4, -0.2) is 24.6 Å². The minimum atomic E-state index is -0.0865. The fraction of sp³-hybridized carbons (Fsp3) is 0.562. The molecule has 0 bridgehead atoms. The summed E-state index contributed by atoms with van der Waals surface area (Å²) in [6.45, 7) is 8.58. The molecule has 0 saturated carbocycles.